The Bertz CT molecular complexity index is 113. The lowest BCUT2D eigenvalue weighted by atomic mass is 10.1. The molecule has 0 amide bonds. The molecule has 0 unspecified atom stereocenters. The van der Waals surface area contributed by atoms with E-state index in [0.717, 1.165) is 45.2 Å². The van der Waals surface area contributed by atoms with Crippen molar-refractivity contribution in [2.75, 3.05) is 32.9 Å². The van der Waals surface area contributed by atoms with E-state index in [4.69, 9.17) is 9.47 Å². The molecule has 0 aliphatic heterocycles. The van der Waals surface area contributed by atoms with Crippen molar-refractivity contribution in [3.8, 4) is 0 Å². The quantitative estimate of drug-likeness (QED) is 0.568. The van der Waals surface area contributed by atoms with Crippen LogP contribution in [0.1, 0.15) is 34.1 Å². The van der Waals surface area contributed by atoms with E-state index in [1.165, 1.54) is 0 Å². The lowest BCUT2D eigenvalue weighted by molar-refractivity contribution is 0.0778. The summed E-state index contributed by atoms with van der Waals surface area (Å²) in [5.74, 6) is 0.734. The van der Waals surface area contributed by atoms with Crippen LogP contribution in [-0.2, 0) is 9.47 Å². The summed E-state index contributed by atoms with van der Waals surface area (Å²) >= 11 is 0. The molecule has 0 bridgehead atoms. The van der Waals surface area contributed by atoms with Gasteiger partial charge in [0.1, 0.15) is 0 Å². The summed E-state index contributed by atoms with van der Waals surface area (Å²) < 4.78 is 10.9. The van der Waals surface area contributed by atoms with Crippen LogP contribution >= 0.6 is 0 Å². The highest BCUT2D eigenvalue weighted by molar-refractivity contribution is 4.47. The minimum atomic E-state index is 0.328. The molecule has 0 saturated heterocycles. The van der Waals surface area contributed by atoms with E-state index in [-0.39, 0.29) is 0 Å². The van der Waals surface area contributed by atoms with Crippen LogP contribution in [-0.4, -0.2) is 39.0 Å². The average molecular weight is 217 g/mol. The summed E-state index contributed by atoms with van der Waals surface area (Å²) in [5, 5.41) is 3.28. The molecule has 3 nitrogen and oxygen atoms in total. The Balaban J connectivity index is 2.93. The molecular weight excluding hydrogens is 190 g/mol. The SMILES string of the molecule is CC(C)CCOCCNCCOC(C)C. The maximum atomic E-state index is 5.47. The second-order valence-electron chi connectivity index (χ2n) is 4.46. The van der Waals surface area contributed by atoms with Crippen LogP contribution in [0.5, 0.6) is 0 Å². The second kappa shape index (κ2) is 10.4. The Morgan fingerprint density at radius 2 is 1.60 bits per heavy atom. The van der Waals surface area contributed by atoms with Crippen molar-refractivity contribution in [1.82, 2.24) is 5.32 Å². The molecule has 0 aromatic rings. The van der Waals surface area contributed by atoms with Crippen molar-refractivity contribution in [2.45, 2.75) is 40.2 Å². The molecule has 0 heterocycles. The standard InChI is InChI=1S/C12H27NO2/c1-11(2)5-8-14-9-6-13-7-10-15-12(3)4/h11-13H,5-10H2,1-4H3. The minimum Gasteiger partial charge on any atom is -0.380 e. The van der Waals surface area contributed by atoms with Gasteiger partial charge in [0.2, 0.25) is 0 Å². The largest absolute Gasteiger partial charge is 0.380 e. The second-order valence-corrected chi connectivity index (χ2v) is 4.46. The molecule has 0 aliphatic carbocycles. The molecule has 3 heteroatoms. The van der Waals surface area contributed by atoms with E-state index >= 15 is 0 Å². The minimum absolute atomic E-state index is 0.328. The number of ether oxygens (including phenoxy) is 2. The molecule has 0 saturated carbocycles. The lowest BCUT2D eigenvalue weighted by Gasteiger charge is -2.09. The maximum Gasteiger partial charge on any atom is 0.0594 e. The van der Waals surface area contributed by atoms with Gasteiger partial charge >= 0.3 is 0 Å². The Morgan fingerprint density at radius 3 is 2.20 bits per heavy atom. The fourth-order valence-corrected chi connectivity index (χ4v) is 1.06. The van der Waals surface area contributed by atoms with E-state index < -0.39 is 0 Å². The molecule has 0 rings (SSSR count). The van der Waals surface area contributed by atoms with Gasteiger partial charge in [0, 0.05) is 19.7 Å². The molecule has 0 radical (unpaired) electrons. The third-order valence-corrected chi connectivity index (χ3v) is 1.99. The zero-order valence-electron chi connectivity index (χ0n) is 10.7. The molecule has 15 heavy (non-hydrogen) atoms. The fourth-order valence-electron chi connectivity index (χ4n) is 1.06. The van der Waals surface area contributed by atoms with Crippen LogP contribution < -0.4 is 5.32 Å². The van der Waals surface area contributed by atoms with Gasteiger partial charge in [-0.1, -0.05) is 13.8 Å². The van der Waals surface area contributed by atoms with Crippen molar-refractivity contribution in [1.29, 1.82) is 0 Å². The summed E-state index contributed by atoms with van der Waals surface area (Å²) in [6.45, 7) is 12.8. The summed E-state index contributed by atoms with van der Waals surface area (Å²) in [6.07, 6.45) is 1.48. The first kappa shape index (κ1) is 14.9. The molecule has 0 aromatic carbocycles. The Labute approximate surface area is 94.5 Å². The van der Waals surface area contributed by atoms with Gasteiger partial charge in [-0.3, -0.25) is 0 Å². The van der Waals surface area contributed by atoms with Gasteiger partial charge in [0.05, 0.1) is 19.3 Å². The van der Waals surface area contributed by atoms with Crippen molar-refractivity contribution < 1.29 is 9.47 Å². The number of hydrogen-bond acceptors (Lipinski definition) is 3. The summed E-state index contributed by atoms with van der Waals surface area (Å²) in [7, 11) is 0. The summed E-state index contributed by atoms with van der Waals surface area (Å²) in [6, 6.07) is 0. The number of nitrogens with one attached hydrogen (secondary N) is 1. The molecule has 1 N–H and O–H groups in total. The zero-order valence-corrected chi connectivity index (χ0v) is 10.7. The Morgan fingerprint density at radius 1 is 0.933 bits per heavy atom. The normalized spacial score (nSPS) is 11.6. The van der Waals surface area contributed by atoms with Crippen molar-refractivity contribution in [3.05, 3.63) is 0 Å². The van der Waals surface area contributed by atoms with Crippen molar-refractivity contribution in [3.63, 3.8) is 0 Å². The van der Waals surface area contributed by atoms with Crippen LogP contribution in [0.25, 0.3) is 0 Å². The smallest absolute Gasteiger partial charge is 0.0594 e. The summed E-state index contributed by atoms with van der Waals surface area (Å²) in [5.41, 5.74) is 0. The Hall–Kier alpha value is -0.120. The monoisotopic (exact) mass is 217 g/mol. The highest BCUT2D eigenvalue weighted by Gasteiger charge is 1.94. The lowest BCUT2D eigenvalue weighted by Crippen LogP contribution is -2.25. The molecule has 0 fully saturated rings. The van der Waals surface area contributed by atoms with Crippen molar-refractivity contribution >= 4 is 0 Å². The molecule has 0 spiro atoms. The first-order chi connectivity index (χ1) is 7.13. The maximum absolute atomic E-state index is 5.47. The zero-order chi connectivity index (χ0) is 11.5. The molecule has 0 atom stereocenters. The first-order valence-corrected chi connectivity index (χ1v) is 6.03. The number of rotatable bonds is 10. The van der Waals surface area contributed by atoms with E-state index in [1.807, 2.05) is 0 Å². The first-order valence-electron chi connectivity index (χ1n) is 6.03. The molecule has 92 valence electrons. The predicted molar refractivity (Wildman–Crippen MR) is 64.2 cm³/mol. The van der Waals surface area contributed by atoms with E-state index in [1.54, 1.807) is 0 Å². The van der Waals surface area contributed by atoms with Gasteiger partial charge in [-0.25, -0.2) is 0 Å². The Kier molecular flexibility index (Phi) is 10.3. The van der Waals surface area contributed by atoms with Crippen LogP contribution in [0, 0.1) is 5.92 Å². The van der Waals surface area contributed by atoms with Gasteiger partial charge in [0.25, 0.3) is 0 Å². The highest BCUT2D eigenvalue weighted by atomic mass is 16.5. The molecular formula is C12H27NO2. The van der Waals surface area contributed by atoms with Crippen LogP contribution in [0.15, 0.2) is 0 Å². The predicted octanol–water partition coefficient (Wildman–Crippen LogP) is 2.06. The van der Waals surface area contributed by atoms with E-state index in [2.05, 4.69) is 33.0 Å². The van der Waals surface area contributed by atoms with Gasteiger partial charge < -0.3 is 14.8 Å². The summed E-state index contributed by atoms with van der Waals surface area (Å²) in [4.78, 5) is 0. The van der Waals surface area contributed by atoms with Gasteiger partial charge in [-0.05, 0) is 26.2 Å². The average Bonchev–Trinajstić information content (AvgIpc) is 2.14. The molecule has 0 aliphatic rings. The van der Waals surface area contributed by atoms with E-state index in [0.29, 0.717) is 6.10 Å². The fraction of sp³-hybridized carbons (Fsp3) is 1.00. The molecule has 0 aromatic heterocycles. The van der Waals surface area contributed by atoms with Gasteiger partial charge in [-0.15, -0.1) is 0 Å². The van der Waals surface area contributed by atoms with Crippen LogP contribution in [0.2, 0.25) is 0 Å². The van der Waals surface area contributed by atoms with Crippen LogP contribution in [0.4, 0.5) is 0 Å². The topological polar surface area (TPSA) is 30.5 Å². The highest BCUT2D eigenvalue weighted by Crippen LogP contribution is 1.98. The van der Waals surface area contributed by atoms with Crippen LogP contribution in [0.3, 0.4) is 0 Å². The third kappa shape index (κ3) is 13.9. The van der Waals surface area contributed by atoms with Gasteiger partial charge in [0.15, 0.2) is 0 Å². The third-order valence-electron chi connectivity index (χ3n) is 1.99. The van der Waals surface area contributed by atoms with Crippen molar-refractivity contribution in [2.24, 2.45) is 5.92 Å². The number of hydrogen-bond donors (Lipinski definition) is 1. The van der Waals surface area contributed by atoms with E-state index in [9.17, 15) is 0 Å². The van der Waals surface area contributed by atoms with Gasteiger partial charge in [-0.2, -0.15) is 0 Å².